The maximum absolute atomic E-state index is 2.69. The van der Waals surface area contributed by atoms with E-state index < -0.39 is 0 Å². The molecule has 0 aromatic carbocycles. The molecule has 0 bridgehead atoms. The van der Waals surface area contributed by atoms with Gasteiger partial charge in [0.05, 0.1) is 0 Å². The highest BCUT2D eigenvalue weighted by molar-refractivity contribution is 4.95. The van der Waals surface area contributed by atoms with Crippen molar-refractivity contribution in [2.75, 3.05) is 0 Å². The fourth-order valence-corrected chi connectivity index (χ4v) is 8.81. The maximum Gasteiger partial charge on any atom is -0.0319 e. The normalized spacial score (nSPS) is 14.2. The molecule has 0 aromatic heterocycles. The van der Waals surface area contributed by atoms with Crippen molar-refractivity contribution in [2.24, 2.45) is 88.8 Å². The topological polar surface area (TPSA) is 0 Å². The van der Waals surface area contributed by atoms with Crippen LogP contribution in [0.4, 0.5) is 0 Å². The standard InChI is InChI=1S/C32H66/c1-18(2)27(19(3)4)31(28(20(5)6)21(7)8)26(17)32(29(22(9)10)23(11)12)30(24(13)14)25(15)16/h18-32H,1-17H3. The van der Waals surface area contributed by atoms with Crippen LogP contribution in [0.1, 0.15) is 118 Å². The Bertz CT molecular complexity index is 362. The largest absolute Gasteiger partial charge is 0.0625 e. The van der Waals surface area contributed by atoms with E-state index in [4.69, 9.17) is 0 Å². The first-order valence-electron chi connectivity index (χ1n) is 14.5. The summed E-state index contributed by atoms with van der Waals surface area (Å²) >= 11 is 0. The molecule has 0 aliphatic heterocycles. The fourth-order valence-electron chi connectivity index (χ4n) is 8.81. The molecular formula is C32H66. The molecule has 0 aliphatic rings. The quantitative estimate of drug-likeness (QED) is 0.247. The molecular weight excluding hydrogens is 384 g/mol. The Morgan fingerprint density at radius 1 is 0.188 bits per heavy atom. The van der Waals surface area contributed by atoms with Crippen molar-refractivity contribution in [3.8, 4) is 0 Å². The SMILES string of the molecule is CC(C)C(C(C)C)C(C(C)C(C(C(C)C)C(C)C)C(C(C)C)C(C)C)C(C(C)C)C(C)C. The van der Waals surface area contributed by atoms with E-state index in [-0.39, 0.29) is 0 Å². The van der Waals surface area contributed by atoms with E-state index in [1.165, 1.54) is 0 Å². The molecule has 0 heteroatoms. The van der Waals surface area contributed by atoms with Gasteiger partial charge in [0.25, 0.3) is 0 Å². The Labute approximate surface area is 206 Å². The molecule has 0 spiro atoms. The lowest BCUT2D eigenvalue weighted by Crippen LogP contribution is -2.48. The molecule has 32 heavy (non-hydrogen) atoms. The average Bonchev–Trinajstić information content (AvgIpc) is 2.57. The summed E-state index contributed by atoms with van der Waals surface area (Å²) in [7, 11) is 0. The molecule has 0 aliphatic carbocycles. The Hall–Kier alpha value is 0. The van der Waals surface area contributed by atoms with E-state index in [1.807, 2.05) is 0 Å². The minimum Gasteiger partial charge on any atom is -0.0625 e. The molecule has 0 saturated heterocycles. The van der Waals surface area contributed by atoms with Gasteiger partial charge in [0, 0.05) is 0 Å². The van der Waals surface area contributed by atoms with E-state index in [2.05, 4.69) is 118 Å². The molecule has 0 radical (unpaired) electrons. The summed E-state index contributed by atoms with van der Waals surface area (Å²) in [5, 5.41) is 0. The van der Waals surface area contributed by atoms with Gasteiger partial charge in [-0.2, -0.15) is 0 Å². The lowest BCUT2D eigenvalue weighted by Gasteiger charge is -2.53. The Kier molecular flexibility index (Phi) is 13.8. The number of rotatable bonds is 14. The zero-order chi connectivity index (χ0) is 25.7. The van der Waals surface area contributed by atoms with E-state index in [0.717, 1.165) is 88.8 Å². The van der Waals surface area contributed by atoms with Gasteiger partial charge < -0.3 is 0 Å². The van der Waals surface area contributed by atoms with Gasteiger partial charge >= 0.3 is 0 Å². The highest BCUT2D eigenvalue weighted by Crippen LogP contribution is 2.52. The second-order valence-corrected chi connectivity index (χ2v) is 14.3. The van der Waals surface area contributed by atoms with E-state index >= 15 is 0 Å². The molecule has 0 heterocycles. The van der Waals surface area contributed by atoms with Crippen molar-refractivity contribution in [3.63, 3.8) is 0 Å². The van der Waals surface area contributed by atoms with Crippen molar-refractivity contribution in [3.05, 3.63) is 0 Å². The van der Waals surface area contributed by atoms with Crippen LogP contribution in [0.15, 0.2) is 0 Å². The van der Waals surface area contributed by atoms with Crippen molar-refractivity contribution >= 4 is 0 Å². The van der Waals surface area contributed by atoms with E-state index in [0.29, 0.717) is 0 Å². The molecule has 0 saturated carbocycles. The zero-order valence-corrected chi connectivity index (χ0v) is 25.7. The van der Waals surface area contributed by atoms with Gasteiger partial charge in [-0.15, -0.1) is 0 Å². The summed E-state index contributed by atoms with van der Waals surface area (Å²) in [4.78, 5) is 0. The summed E-state index contributed by atoms with van der Waals surface area (Å²) in [6.45, 7) is 42.7. The molecule has 0 fully saturated rings. The highest BCUT2D eigenvalue weighted by Gasteiger charge is 2.47. The first-order valence-corrected chi connectivity index (χ1v) is 14.5. The first kappa shape index (κ1) is 32.0. The Balaban J connectivity index is 7.03. The number of hydrogen-bond acceptors (Lipinski definition) is 0. The van der Waals surface area contributed by atoms with Crippen molar-refractivity contribution in [2.45, 2.75) is 118 Å². The summed E-state index contributed by atoms with van der Waals surface area (Å²) < 4.78 is 0. The molecule has 0 atom stereocenters. The third-order valence-electron chi connectivity index (χ3n) is 9.15. The van der Waals surface area contributed by atoms with Crippen LogP contribution in [0.2, 0.25) is 0 Å². The van der Waals surface area contributed by atoms with Crippen LogP contribution in [-0.2, 0) is 0 Å². The van der Waals surface area contributed by atoms with Crippen LogP contribution in [0.3, 0.4) is 0 Å². The minimum absolute atomic E-state index is 0.733. The van der Waals surface area contributed by atoms with Crippen molar-refractivity contribution in [1.82, 2.24) is 0 Å². The van der Waals surface area contributed by atoms with Gasteiger partial charge in [-0.05, 0) is 88.8 Å². The molecule has 0 rings (SSSR count). The van der Waals surface area contributed by atoms with E-state index in [9.17, 15) is 0 Å². The molecule has 0 nitrogen and oxygen atoms in total. The number of hydrogen-bond donors (Lipinski definition) is 0. The predicted molar refractivity (Wildman–Crippen MR) is 149 cm³/mol. The second kappa shape index (κ2) is 13.8. The Morgan fingerprint density at radius 2 is 0.312 bits per heavy atom. The molecule has 0 aromatic rings. The molecule has 194 valence electrons. The van der Waals surface area contributed by atoms with Gasteiger partial charge in [0.15, 0.2) is 0 Å². The van der Waals surface area contributed by atoms with Crippen LogP contribution in [0.25, 0.3) is 0 Å². The summed E-state index contributed by atoms with van der Waals surface area (Å²) in [6.07, 6.45) is 0. The third kappa shape index (κ3) is 8.05. The van der Waals surface area contributed by atoms with Crippen LogP contribution in [0, 0.1) is 88.8 Å². The molecule has 0 unspecified atom stereocenters. The van der Waals surface area contributed by atoms with Gasteiger partial charge in [0.1, 0.15) is 0 Å². The van der Waals surface area contributed by atoms with Crippen LogP contribution >= 0.6 is 0 Å². The first-order chi connectivity index (χ1) is 14.5. The lowest BCUT2D eigenvalue weighted by atomic mass is 9.52. The highest BCUT2D eigenvalue weighted by atomic mass is 14.5. The fraction of sp³-hybridized carbons (Fsp3) is 1.00. The molecule has 0 amide bonds. The van der Waals surface area contributed by atoms with Crippen LogP contribution < -0.4 is 0 Å². The van der Waals surface area contributed by atoms with Gasteiger partial charge in [0.2, 0.25) is 0 Å². The Morgan fingerprint density at radius 3 is 0.406 bits per heavy atom. The lowest BCUT2D eigenvalue weighted by molar-refractivity contribution is -0.0496. The third-order valence-corrected chi connectivity index (χ3v) is 9.15. The van der Waals surface area contributed by atoms with Gasteiger partial charge in [-0.1, -0.05) is 118 Å². The molecule has 0 N–H and O–H groups in total. The summed E-state index contributed by atoms with van der Waals surface area (Å²) in [5.41, 5.74) is 0. The second-order valence-electron chi connectivity index (χ2n) is 14.3. The monoisotopic (exact) mass is 451 g/mol. The minimum atomic E-state index is 0.733. The maximum atomic E-state index is 2.69. The van der Waals surface area contributed by atoms with Gasteiger partial charge in [-0.3, -0.25) is 0 Å². The van der Waals surface area contributed by atoms with Crippen LogP contribution in [-0.4, -0.2) is 0 Å². The predicted octanol–water partition coefficient (Wildman–Crippen LogP) is 10.6. The summed E-state index contributed by atoms with van der Waals surface area (Å²) in [6, 6.07) is 0. The van der Waals surface area contributed by atoms with Crippen molar-refractivity contribution in [1.29, 1.82) is 0 Å². The smallest absolute Gasteiger partial charge is 0.0319 e. The summed E-state index contributed by atoms with van der Waals surface area (Å²) in [5.74, 6) is 11.3. The average molecular weight is 451 g/mol. The van der Waals surface area contributed by atoms with Gasteiger partial charge in [-0.25, -0.2) is 0 Å². The zero-order valence-electron chi connectivity index (χ0n) is 25.7. The van der Waals surface area contributed by atoms with Crippen LogP contribution in [0.5, 0.6) is 0 Å². The van der Waals surface area contributed by atoms with Crippen molar-refractivity contribution < 1.29 is 0 Å². The van der Waals surface area contributed by atoms with E-state index in [1.54, 1.807) is 0 Å².